The van der Waals surface area contributed by atoms with E-state index in [0.29, 0.717) is 23.1 Å². The van der Waals surface area contributed by atoms with Crippen LogP contribution in [-0.4, -0.2) is 31.5 Å². The van der Waals surface area contributed by atoms with Gasteiger partial charge < -0.3 is 15.2 Å². The molecule has 0 amide bonds. The van der Waals surface area contributed by atoms with Crippen LogP contribution in [0.4, 0.5) is 15.9 Å². The maximum absolute atomic E-state index is 13.4. The molecule has 0 radical (unpaired) electrons. The molecule has 7 nitrogen and oxygen atoms in total. The monoisotopic (exact) mass is 521 g/mol. The standard InChI is InChI=1S/C26H21ClFN5O2S/c27-20-11-17(4-7-22(20)35-13-15-2-1-3-16(28)10-15)31-25-23-18-5-6-21-19(12-33(32-21)8-9-34)24(18)36-26(23)30-14-29-25/h1-4,7,10-12,14,34H,5-6,8-9,13H2,(H,29,30,31). The van der Waals surface area contributed by atoms with Crippen LogP contribution in [0.1, 0.15) is 16.8 Å². The zero-order valence-corrected chi connectivity index (χ0v) is 20.6. The van der Waals surface area contributed by atoms with Gasteiger partial charge in [0.05, 0.1) is 29.3 Å². The minimum Gasteiger partial charge on any atom is -0.487 e. The third-order valence-electron chi connectivity index (χ3n) is 6.09. The molecule has 0 spiro atoms. The molecule has 1 aliphatic rings. The van der Waals surface area contributed by atoms with Crippen molar-refractivity contribution in [2.75, 3.05) is 11.9 Å². The van der Waals surface area contributed by atoms with Gasteiger partial charge in [-0.05, 0) is 54.3 Å². The molecule has 182 valence electrons. The van der Waals surface area contributed by atoms with Crippen molar-refractivity contribution < 1.29 is 14.2 Å². The number of fused-ring (bicyclic) bond motifs is 5. The summed E-state index contributed by atoms with van der Waals surface area (Å²) in [6.45, 7) is 0.744. The van der Waals surface area contributed by atoms with Crippen LogP contribution >= 0.6 is 22.9 Å². The molecule has 0 aliphatic heterocycles. The largest absolute Gasteiger partial charge is 0.487 e. The van der Waals surface area contributed by atoms with E-state index in [1.807, 2.05) is 12.3 Å². The fraction of sp³-hybridized carbons (Fsp3) is 0.192. The average Bonchev–Trinajstić information content (AvgIpc) is 3.45. The highest BCUT2D eigenvalue weighted by molar-refractivity contribution is 7.22. The van der Waals surface area contributed by atoms with Crippen LogP contribution < -0.4 is 10.1 Å². The van der Waals surface area contributed by atoms with Gasteiger partial charge in [-0.25, -0.2) is 14.4 Å². The highest BCUT2D eigenvalue weighted by atomic mass is 35.5. The van der Waals surface area contributed by atoms with Crippen molar-refractivity contribution in [1.82, 2.24) is 19.7 Å². The van der Waals surface area contributed by atoms with Gasteiger partial charge in [0.1, 0.15) is 35.1 Å². The van der Waals surface area contributed by atoms with Gasteiger partial charge in [-0.1, -0.05) is 23.7 Å². The molecular weight excluding hydrogens is 501 g/mol. The second-order valence-corrected chi connectivity index (χ2v) is 9.88. The molecule has 3 heterocycles. The molecule has 10 heteroatoms. The van der Waals surface area contributed by atoms with E-state index in [1.165, 1.54) is 17.7 Å². The number of hydrogen-bond acceptors (Lipinski definition) is 7. The Labute approximate surface area is 215 Å². The number of aryl methyl sites for hydroxylation is 2. The number of nitrogens with zero attached hydrogens (tertiary/aromatic N) is 4. The van der Waals surface area contributed by atoms with Crippen molar-refractivity contribution in [2.24, 2.45) is 0 Å². The minimum atomic E-state index is -0.302. The number of rotatable bonds is 7. The maximum atomic E-state index is 13.4. The van der Waals surface area contributed by atoms with E-state index in [9.17, 15) is 9.50 Å². The summed E-state index contributed by atoms with van der Waals surface area (Å²) in [6, 6.07) is 11.7. The molecule has 0 unspecified atom stereocenters. The van der Waals surface area contributed by atoms with Crippen LogP contribution in [0.2, 0.25) is 5.02 Å². The smallest absolute Gasteiger partial charge is 0.142 e. The van der Waals surface area contributed by atoms with Crippen LogP contribution in [0.25, 0.3) is 20.7 Å². The molecule has 6 rings (SSSR count). The number of halogens is 2. The van der Waals surface area contributed by atoms with E-state index in [1.54, 1.807) is 46.6 Å². The van der Waals surface area contributed by atoms with Gasteiger partial charge in [0.2, 0.25) is 0 Å². The number of benzene rings is 2. The first-order chi connectivity index (χ1) is 17.6. The van der Waals surface area contributed by atoms with Crippen molar-refractivity contribution in [3.63, 3.8) is 0 Å². The quantitative estimate of drug-likeness (QED) is 0.283. The average molecular weight is 522 g/mol. The van der Waals surface area contributed by atoms with Crippen molar-refractivity contribution >= 4 is 44.7 Å². The van der Waals surface area contributed by atoms with E-state index in [2.05, 4.69) is 20.4 Å². The molecule has 0 saturated heterocycles. The Hall–Kier alpha value is -3.53. The Morgan fingerprint density at radius 2 is 2.08 bits per heavy atom. The van der Waals surface area contributed by atoms with Crippen LogP contribution in [0, 0.1) is 5.82 Å². The summed E-state index contributed by atoms with van der Waals surface area (Å²) in [6.07, 6.45) is 5.22. The zero-order valence-electron chi connectivity index (χ0n) is 19.0. The number of hydrogen-bond donors (Lipinski definition) is 2. The lowest BCUT2D eigenvalue weighted by Crippen LogP contribution is -2.04. The van der Waals surface area contributed by atoms with E-state index < -0.39 is 0 Å². The fourth-order valence-corrected chi connectivity index (χ4v) is 5.92. The third-order valence-corrected chi connectivity index (χ3v) is 7.56. The second-order valence-electron chi connectivity index (χ2n) is 8.48. The van der Waals surface area contributed by atoms with Gasteiger partial charge in [-0.2, -0.15) is 5.10 Å². The molecular formula is C26H21ClFN5O2S. The predicted molar refractivity (Wildman–Crippen MR) is 139 cm³/mol. The van der Waals surface area contributed by atoms with Crippen molar-refractivity contribution in [3.05, 3.63) is 82.6 Å². The maximum Gasteiger partial charge on any atom is 0.142 e. The van der Waals surface area contributed by atoms with Gasteiger partial charge in [0.15, 0.2) is 0 Å². The molecule has 3 aromatic heterocycles. The number of thiophene rings is 1. The number of ether oxygens (including phenoxy) is 1. The van der Waals surface area contributed by atoms with Crippen molar-refractivity contribution in [1.29, 1.82) is 0 Å². The Morgan fingerprint density at radius 1 is 1.17 bits per heavy atom. The van der Waals surface area contributed by atoms with E-state index in [4.69, 9.17) is 16.3 Å². The third kappa shape index (κ3) is 4.30. The van der Waals surface area contributed by atoms with Crippen molar-refractivity contribution in [3.8, 4) is 16.2 Å². The lowest BCUT2D eigenvalue weighted by Gasteiger charge is -2.13. The summed E-state index contributed by atoms with van der Waals surface area (Å²) in [5.41, 5.74) is 4.84. The van der Waals surface area contributed by atoms with E-state index in [-0.39, 0.29) is 19.0 Å². The lowest BCUT2D eigenvalue weighted by atomic mass is 9.95. The SMILES string of the molecule is OCCn1cc2c(n1)CCc1c-2sc2ncnc(Nc3ccc(OCc4cccc(F)c4)c(Cl)c3)c12. The summed E-state index contributed by atoms with van der Waals surface area (Å²) in [5, 5.41) is 18.7. The summed E-state index contributed by atoms with van der Waals surface area (Å²) >= 11 is 8.12. The summed E-state index contributed by atoms with van der Waals surface area (Å²) in [5.74, 6) is 0.927. The minimum absolute atomic E-state index is 0.0522. The lowest BCUT2D eigenvalue weighted by molar-refractivity contribution is 0.269. The Bertz CT molecular complexity index is 1580. The van der Waals surface area contributed by atoms with Gasteiger partial charge in [-0.3, -0.25) is 4.68 Å². The van der Waals surface area contributed by atoms with Crippen molar-refractivity contribution in [2.45, 2.75) is 26.0 Å². The predicted octanol–water partition coefficient (Wildman–Crippen LogP) is 5.76. The number of aromatic nitrogens is 4. The molecule has 2 aromatic carbocycles. The zero-order chi connectivity index (χ0) is 24.6. The second kappa shape index (κ2) is 9.50. The van der Waals surface area contributed by atoms with Gasteiger partial charge in [0.25, 0.3) is 0 Å². The Kier molecular flexibility index (Phi) is 6.04. The van der Waals surface area contributed by atoms with Crippen LogP contribution in [0.15, 0.2) is 55.0 Å². The normalized spacial score (nSPS) is 12.4. The molecule has 0 fully saturated rings. The first-order valence-corrected chi connectivity index (χ1v) is 12.7. The van der Waals surface area contributed by atoms with Gasteiger partial charge in [0, 0.05) is 22.3 Å². The number of nitrogens with one attached hydrogen (secondary N) is 1. The Morgan fingerprint density at radius 3 is 2.92 bits per heavy atom. The van der Waals surface area contributed by atoms with Gasteiger partial charge >= 0.3 is 0 Å². The van der Waals surface area contributed by atoms with Crippen LogP contribution in [0.3, 0.4) is 0 Å². The molecule has 5 aromatic rings. The van der Waals surface area contributed by atoms with Crippen LogP contribution in [-0.2, 0) is 26.0 Å². The van der Waals surface area contributed by atoms with Crippen LogP contribution in [0.5, 0.6) is 5.75 Å². The highest BCUT2D eigenvalue weighted by Gasteiger charge is 2.26. The molecule has 0 saturated carbocycles. The molecule has 0 bridgehead atoms. The molecule has 0 atom stereocenters. The summed E-state index contributed by atoms with van der Waals surface area (Å²) in [4.78, 5) is 11.1. The first kappa shape index (κ1) is 22.9. The number of anilines is 2. The molecule has 1 aliphatic carbocycles. The Balaban J connectivity index is 1.27. The molecule has 2 N–H and O–H groups in total. The van der Waals surface area contributed by atoms with Gasteiger partial charge in [-0.15, -0.1) is 11.3 Å². The first-order valence-electron chi connectivity index (χ1n) is 11.5. The topological polar surface area (TPSA) is 85.1 Å². The summed E-state index contributed by atoms with van der Waals surface area (Å²) in [7, 11) is 0. The molecule has 36 heavy (non-hydrogen) atoms. The highest BCUT2D eigenvalue weighted by Crippen LogP contribution is 2.45. The van der Waals surface area contributed by atoms with E-state index in [0.717, 1.165) is 50.4 Å². The fourth-order valence-electron chi connectivity index (χ4n) is 4.46. The number of aliphatic hydroxyl groups excluding tert-OH is 1. The summed E-state index contributed by atoms with van der Waals surface area (Å²) < 4.78 is 21.0. The number of aliphatic hydroxyl groups is 1. The van der Waals surface area contributed by atoms with E-state index >= 15 is 0 Å².